The first-order valence-corrected chi connectivity index (χ1v) is 45.1. The fourth-order valence-electron chi connectivity index (χ4n) is 14.8. The van der Waals surface area contributed by atoms with E-state index in [0.717, 1.165) is 21.4 Å². The molecular formula is C82H80Br4F4N16O16S4. The molecule has 0 saturated carbocycles. The lowest BCUT2D eigenvalue weighted by atomic mass is 9.94. The quantitative estimate of drug-likeness (QED) is 0.0201. The third-order valence-electron chi connectivity index (χ3n) is 19.6. The molecule has 32 nitrogen and oxygen atoms in total. The molecule has 2 amide bonds. The zero-order chi connectivity index (χ0) is 90.7. The predicted molar refractivity (Wildman–Crippen MR) is 474 cm³/mol. The molecule has 0 bridgehead atoms. The highest BCUT2D eigenvalue weighted by Crippen LogP contribution is 2.48. The number of benzene rings is 4. The van der Waals surface area contributed by atoms with Gasteiger partial charge in [0.15, 0.2) is 43.4 Å². The summed E-state index contributed by atoms with van der Waals surface area (Å²) < 4.78 is 87.8. The summed E-state index contributed by atoms with van der Waals surface area (Å²) >= 11 is 19.4. The van der Waals surface area contributed by atoms with E-state index in [1.807, 2.05) is 41.1 Å². The Labute approximate surface area is 767 Å². The number of thiazole rings is 4. The maximum atomic E-state index is 13.8. The van der Waals surface area contributed by atoms with Gasteiger partial charge in [0, 0.05) is 151 Å². The second-order valence-electron chi connectivity index (χ2n) is 27.4. The lowest BCUT2D eigenvalue weighted by Crippen LogP contribution is -2.39. The van der Waals surface area contributed by atoms with Gasteiger partial charge < -0.3 is 80.3 Å². The number of hydrogen-bond acceptors (Lipinski definition) is 32. The molecule has 8 aliphatic heterocycles. The Morgan fingerprint density at radius 3 is 0.857 bits per heavy atom. The van der Waals surface area contributed by atoms with Gasteiger partial charge in [0.05, 0.1) is 75.0 Å². The van der Waals surface area contributed by atoms with E-state index < -0.39 is 71.9 Å². The van der Waals surface area contributed by atoms with Crippen LogP contribution in [-0.2, 0) is 57.2 Å². The lowest BCUT2D eigenvalue weighted by Gasteiger charge is -2.31. The fourth-order valence-corrected chi connectivity index (χ4v) is 19.6. The monoisotopic (exact) mass is 2060 g/mol. The minimum atomic E-state index is -0.731. The molecule has 664 valence electrons. The smallest absolute Gasteiger partial charge is 0.407 e. The average Bonchev–Trinajstić information content (AvgIpc) is 1.57. The molecule has 0 unspecified atom stereocenters. The van der Waals surface area contributed by atoms with Gasteiger partial charge in [-0.1, -0.05) is 88.0 Å². The number of halogens is 8. The van der Waals surface area contributed by atoms with Gasteiger partial charge in [0.1, 0.15) is 47.4 Å². The van der Waals surface area contributed by atoms with Gasteiger partial charge in [-0.25, -0.2) is 66.3 Å². The lowest BCUT2D eigenvalue weighted by molar-refractivity contribution is -0.140. The summed E-state index contributed by atoms with van der Waals surface area (Å²) in [5.74, 6) is -0.915. The highest BCUT2D eigenvalue weighted by molar-refractivity contribution is 9.11. The summed E-state index contributed by atoms with van der Waals surface area (Å²) in [5, 5.41) is 29.6. The van der Waals surface area contributed by atoms with Gasteiger partial charge in [-0.3, -0.25) is 29.6 Å². The first-order chi connectivity index (χ1) is 60.7. The van der Waals surface area contributed by atoms with E-state index >= 15 is 0 Å². The Morgan fingerprint density at radius 2 is 0.651 bits per heavy atom. The molecule has 8 aliphatic rings. The summed E-state index contributed by atoms with van der Waals surface area (Å²) in [4.78, 5) is 137. The number of carbonyl (C=O) groups excluding carboxylic acids is 6. The third-order valence-corrected chi connectivity index (χ3v) is 25.4. The largest absolute Gasteiger partial charge is 0.483 e. The van der Waals surface area contributed by atoms with Crippen LogP contribution in [0.1, 0.15) is 120 Å². The van der Waals surface area contributed by atoms with Crippen molar-refractivity contribution in [1.82, 2.24) is 50.2 Å². The van der Waals surface area contributed by atoms with Crippen molar-refractivity contribution in [1.29, 1.82) is 0 Å². The maximum absolute atomic E-state index is 13.8. The number of alkyl carbamates (subject to hydrolysis) is 2. The number of carbonyl (C=O) groups is 8. The standard InChI is InChI=1S/2C21H20BrFN4O4S.2C19H18BrFN4O2S.2CH2O2/c2*1-3-31-20(28)16-15-9-12(25-21(29)30-2)10-27(15)18(19-24-6-7-32-19)26-17(16)13-5-4-11(23)8-14(13)22;2*1-2-27-19(26)15-14-8-11(22)9-25(14)17(18-23-5-6-28-18)24-16(15)12-4-3-10(21)7-13(12)20;2*2-1-3/h2*4-8,12,17H,3,9-10H2,1-2H3,(H,25,29);2*3-7,11,16H,2,8-9,22H2,1H3;2*1H,(H,2,3)/t12-,17+;12-,17-;11-,16+;11-,16-;;/m1010../s1. The number of nitrogens with one attached hydrogen (secondary N) is 2. The van der Waals surface area contributed by atoms with Gasteiger partial charge >= 0.3 is 36.1 Å². The molecule has 8 atom stereocenters. The first kappa shape index (κ1) is 95.8. The molecule has 4 fully saturated rings. The second kappa shape index (κ2) is 44.5. The van der Waals surface area contributed by atoms with Crippen molar-refractivity contribution in [3.63, 3.8) is 0 Å². The number of esters is 4. The van der Waals surface area contributed by atoms with E-state index in [0.29, 0.717) is 159 Å². The van der Waals surface area contributed by atoms with Crippen molar-refractivity contribution in [3.05, 3.63) is 248 Å². The molecule has 12 heterocycles. The minimum Gasteiger partial charge on any atom is -0.483 e. The van der Waals surface area contributed by atoms with Gasteiger partial charge in [-0.05, 0) is 98.5 Å². The van der Waals surface area contributed by atoms with E-state index in [9.17, 15) is 46.3 Å². The van der Waals surface area contributed by atoms with Gasteiger partial charge in [-0.15, -0.1) is 45.3 Å². The summed E-state index contributed by atoms with van der Waals surface area (Å²) in [6.45, 7) is 9.26. The molecule has 8 aromatic rings. The maximum Gasteiger partial charge on any atom is 0.407 e. The van der Waals surface area contributed by atoms with Crippen molar-refractivity contribution in [2.24, 2.45) is 31.4 Å². The molecule has 0 radical (unpaired) electrons. The highest BCUT2D eigenvalue weighted by atomic mass is 79.9. The number of amides is 2. The van der Waals surface area contributed by atoms with Crippen molar-refractivity contribution in [2.75, 3.05) is 66.8 Å². The number of rotatable bonds is 18. The molecule has 0 spiro atoms. The van der Waals surface area contributed by atoms with E-state index in [1.54, 1.807) is 76.7 Å². The molecule has 4 aromatic heterocycles. The van der Waals surface area contributed by atoms with Crippen LogP contribution in [-0.4, -0.2) is 213 Å². The van der Waals surface area contributed by atoms with Crippen LogP contribution < -0.4 is 22.1 Å². The van der Waals surface area contributed by atoms with Gasteiger partial charge in [0.25, 0.3) is 12.9 Å². The number of amidine groups is 4. The molecule has 44 heteroatoms. The van der Waals surface area contributed by atoms with E-state index in [1.165, 1.54) is 108 Å². The van der Waals surface area contributed by atoms with Crippen LogP contribution in [0, 0.1) is 23.3 Å². The van der Waals surface area contributed by atoms with Crippen LogP contribution in [0.3, 0.4) is 0 Å². The summed E-state index contributed by atoms with van der Waals surface area (Å²) in [6, 6.07) is 13.7. The van der Waals surface area contributed by atoms with Crippen molar-refractivity contribution in [2.45, 2.75) is 102 Å². The molecule has 8 N–H and O–H groups in total. The molecule has 126 heavy (non-hydrogen) atoms. The number of aromatic nitrogens is 4. The van der Waals surface area contributed by atoms with Crippen molar-refractivity contribution < 1.29 is 94.6 Å². The van der Waals surface area contributed by atoms with Gasteiger partial charge in [0.2, 0.25) is 0 Å². The molecular weight excluding hydrogens is 1990 g/mol. The molecule has 16 rings (SSSR count). The summed E-state index contributed by atoms with van der Waals surface area (Å²) in [5.41, 5.74) is 19.6. The first-order valence-electron chi connectivity index (χ1n) is 38.4. The van der Waals surface area contributed by atoms with Crippen molar-refractivity contribution >= 4 is 181 Å². The zero-order valence-corrected chi connectivity index (χ0v) is 77.2. The average molecular weight is 2070 g/mol. The van der Waals surface area contributed by atoms with Crippen LogP contribution in [0.15, 0.2) is 202 Å². The molecule has 4 saturated heterocycles. The predicted octanol–water partition coefficient (Wildman–Crippen LogP) is 13.8. The van der Waals surface area contributed by atoms with Crippen LogP contribution in [0.2, 0.25) is 0 Å². The van der Waals surface area contributed by atoms with E-state index in [-0.39, 0.29) is 75.2 Å². The zero-order valence-electron chi connectivity index (χ0n) is 67.6. The number of nitrogens with two attached hydrogens (primary N) is 2. The Bertz CT molecular complexity index is 5280. The fraction of sp³-hybridized carbons (Fsp3) is 0.317. The Balaban J connectivity index is 0.000000160. The highest BCUT2D eigenvalue weighted by Gasteiger charge is 2.48. The number of carboxylic acid groups (broad SMARTS) is 2. The Kier molecular flexibility index (Phi) is 33.9. The van der Waals surface area contributed by atoms with Crippen LogP contribution in [0.5, 0.6) is 0 Å². The number of ether oxygens (including phenoxy) is 6. The number of methoxy groups -OCH3 is 2. The Hall–Kier alpha value is -10.8. The van der Waals surface area contributed by atoms with Crippen LogP contribution in [0.4, 0.5) is 27.2 Å². The SMILES string of the molecule is CCOC(=O)C1=C2C[C@@H](N)CN2C(c2nccs2)=N[C@H]1c1ccc(F)cc1Br.CCOC(=O)C1=C2C[C@@H](NC(=O)OC)CN2C(c2nccs2)=N[C@H]1c1ccc(F)cc1Br.CCOC(=O)C1=C2C[C@H](N)CN2C(c2nccs2)=N[C@H]1c1ccc(F)cc1Br.CCOC(=O)C1=C2C[C@H](NC(=O)OC)CN2C(c2nccs2)=N[C@H]1c1ccc(F)cc1Br.O=CO.O=CO. The summed E-state index contributed by atoms with van der Waals surface area (Å²) in [7, 11) is 2.59. The number of nitrogens with zero attached hydrogens (tertiary/aromatic N) is 12. The van der Waals surface area contributed by atoms with E-state index in [4.69, 9.17) is 79.7 Å². The second-order valence-corrected chi connectivity index (χ2v) is 34.4. The van der Waals surface area contributed by atoms with Gasteiger partial charge in [-0.2, -0.15) is 0 Å². The Morgan fingerprint density at radius 1 is 0.421 bits per heavy atom. The minimum absolute atomic E-state index is 0.125. The van der Waals surface area contributed by atoms with Crippen LogP contribution in [0.25, 0.3) is 0 Å². The number of aliphatic imine (C=N–C) groups is 4. The van der Waals surface area contributed by atoms with E-state index in [2.05, 4.69) is 94.3 Å². The summed E-state index contributed by atoms with van der Waals surface area (Å²) in [6.07, 6.45) is 7.49. The number of hydrogen-bond donors (Lipinski definition) is 6. The molecule has 4 aromatic carbocycles. The van der Waals surface area contributed by atoms with Crippen molar-refractivity contribution in [3.8, 4) is 0 Å². The normalized spacial score (nSPS) is 19.9. The van der Waals surface area contributed by atoms with Crippen LogP contribution >= 0.6 is 109 Å². The third kappa shape index (κ3) is 22.2. The molecule has 0 aliphatic carbocycles. The number of fused-ring (bicyclic) bond motifs is 4. The topological polar surface area (TPSA) is 422 Å².